The van der Waals surface area contributed by atoms with Gasteiger partial charge < -0.3 is 20.0 Å². The molecular formula is C16H30IN5O. The number of nitrogens with one attached hydrogen (secondary N) is 2. The maximum absolute atomic E-state index is 5.34. The molecule has 0 radical (unpaired) electrons. The van der Waals surface area contributed by atoms with Crippen LogP contribution in [0.1, 0.15) is 12.7 Å². The van der Waals surface area contributed by atoms with Crippen LogP contribution in [0.4, 0.5) is 0 Å². The summed E-state index contributed by atoms with van der Waals surface area (Å²) in [7, 11) is 4.36. The van der Waals surface area contributed by atoms with E-state index in [1.54, 1.807) is 6.26 Å². The highest BCUT2D eigenvalue weighted by Crippen LogP contribution is 2.06. The Morgan fingerprint density at radius 3 is 2.87 bits per heavy atom. The van der Waals surface area contributed by atoms with Crippen LogP contribution in [0.25, 0.3) is 0 Å². The Morgan fingerprint density at radius 2 is 2.17 bits per heavy atom. The van der Waals surface area contributed by atoms with Gasteiger partial charge in [0.2, 0.25) is 0 Å². The van der Waals surface area contributed by atoms with Gasteiger partial charge in [0.25, 0.3) is 0 Å². The molecule has 0 bridgehead atoms. The second kappa shape index (κ2) is 10.9. The van der Waals surface area contributed by atoms with Crippen LogP contribution in [0.15, 0.2) is 27.8 Å². The average Bonchev–Trinajstić information content (AvgIpc) is 3.01. The highest BCUT2D eigenvalue weighted by atomic mass is 127. The summed E-state index contributed by atoms with van der Waals surface area (Å²) in [6.45, 7) is 7.91. The highest BCUT2D eigenvalue weighted by molar-refractivity contribution is 14.0. The van der Waals surface area contributed by atoms with Crippen molar-refractivity contribution >= 4 is 29.9 Å². The van der Waals surface area contributed by atoms with E-state index in [0.717, 1.165) is 57.4 Å². The zero-order valence-electron chi connectivity index (χ0n) is 14.4. The van der Waals surface area contributed by atoms with E-state index >= 15 is 0 Å². The molecule has 6 nitrogen and oxygen atoms in total. The van der Waals surface area contributed by atoms with Gasteiger partial charge in [0.15, 0.2) is 5.96 Å². The summed E-state index contributed by atoms with van der Waals surface area (Å²) in [6.07, 6.45) is 2.58. The number of nitrogens with zero attached hydrogens (tertiary/aromatic N) is 3. The molecule has 2 rings (SSSR count). The van der Waals surface area contributed by atoms with E-state index in [4.69, 9.17) is 9.41 Å². The van der Waals surface area contributed by atoms with Crippen molar-refractivity contribution in [1.82, 2.24) is 20.4 Å². The van der Waals surface area contributed by atoms with Crippen LogP contribution in [0, 0.1) is 0 Å². The molecule has 1 fully saturated rings. The van der Waals surface area contributed by atoms with E-state index in [-0.39, 0.29) is 24.0 Å². The molecule has 1 aliphatic heterocycles. The first kappa shape index (κ1) is 20.2. The Morgan fingerprint density at radius 1 is 1.35 bits per heavy atom. The van der Waals surface area contributed by atoms with Crippen molar-refractivity contribution in [3.63, 3.8) is 0 Å². The molecule has 0 aromatic carbocycles. The summed E-state index contributed by atoms with van der Waals surface area (Å²) < 4.78 is 5.34. The van der Waals surface area contributed by atoms with Gasteiger partial charge in [-0.1, -0.05) is 0 Å². The number of furan rings is 1. The lowest BCUT2D eigenvalue weighted by molar-refractivity contribution is 0.119. The van der Waals surface area contributed by atoms with Gasteiger partial charge in [-0.15, -0.1) is 24.0 Å². The normalized spacial score (nSPS) is 20.1. The molecule has 1 saturated heterocycles. The molecule has 0 aliphatic carbocycles. The third-order valence-electron chi connectivity index (χ3n) is 4.03. The molecule has 0 spiro atoms. The van der Waals surface area contributed by atoms with Crippen LogP contribution in [-0.4, -0.2) is 75.2 Å². The third kappa shape index (κ3) is 7.09. The summed E-state index contributed by atoms with van der Waals surface area (Å²) in [5.74, 6) is 1.88. The van der Waals surface area contributed by atoms with Gasteiger partial charge in [-0.3, -0.25) is 9.89 Å². The summed E-state index contributed by atoms with van der Waals surface area (Å²) in [5.41, 5.74) is 0. The predicted octanol–water partition coefficient (Wildman–Crippen LogP) is 1.24. The van der Waals surface area contributed by atoms with Crippen molar-refractivity contribution in [3.8, 4) is 0 Å². The minimum atomic E-state index is 0. The summed E-state index contributed by atoms with van der Waals surface area (Å²) in [4.78, 5) is 9.51. The molecule has 0 saturated carbocycles. The molecule has 0 amide bonds. The lowest BCUT2D eigenvalue weighted by Gasteiger charge is -2.36. The van der Waals surface area contributed by atoms with Gasteiger partial charge in [-0.05, 0) is 33.2 Å². The minimum absolute atomic E-state index is 0. The Balaban J connectivity index is 0.00000264. The Kier molecular flexibility index (Phi) is 9.57. The van der Waals surface area contributed by atoms with E-state index in [1.165, 1.54) is 0 Å². The second-order valence-corrected chi connectivity index (χ2v) is 5.87. The van der Waals surface area contributed by atoms with Crippen molar-refractivity contribution in [2.75, 3.05) is 53.4 Å². The number of hydrogen-bond donors (Lipinski definition) is 2. The first-order valence-corrected chi connectivity index (χ1v) is 8.12. The van der Waals surface area contributed by atoms with E-state index < -0.39 is 0 Å². The molecule has 1 aliphatic rings. The Hall–Kier alpha value is -0.800. The quantitative estimate of drug-likeness (QED) is 0.400. The molecule has 2 N–H and O–H groups in total. The molecule has 1 unspecified atom stereocenters. The number of halogens is 1. The van der Waals surface area contributed by atoms with Crippen molar-refractivity contribution in [2.24, 2.45) is 4.99 Å². The molecule has 1 aromatic heterocycles. The van der Waals surface area contributed by atoms with Crippen LogP contribution in [-0.2, 0) is 6.42 Å². The largest absolute Gasteiger partial charge is 0.469 e. The minimum Gasteiger partial charge on any atom is -0.469 e. The van der Waals surface area contributed by atoms with Crippen molar-refractivity contribution in [1.29, 1.82) is 0 Å². The lowest BCUT2D eigenvalue weighted by Crippen LogP contribution is -2.51. The molecule has 1 atom stereocenters. The first-order chi connectivity index (χ1) is 10.7. The van der Waals surface area contributed by atoms with Gasteiger partial charge >= 0.3 is 0 Å². The van der Waals surface area contributed by atoms with Gasteiger partial charge in [0, 0.05) is 45.2 Å². The van der Waals surface area contributed by atoms with E-state index in [0.29, 0.717) is 6.04 Å². The summed E-state index contributed by atoms with van der Waals surface area (Å²) >= 11 is 0. The molecule has 1 aromatic rings. The van der Waals surface area contributed by atoms with Crippen molar-refractivity contribution in [2.45, 2.75) is 19.4 Å². The molecule has 23 heavy (non-hydrogen) atoms. The van der Waals surface area contributed by atoms with Crippen LogP contribution < -0.4 is 10.6 Å². The molecule has 7 heteroatoms. The standard InChI is InChI=1S/C16H29N5O.HI/c1-4-17-16(18-8-7-15-6-5-11-22-15)19-12-14-13-20(2)9-10-21(14)3;/h5-6,11,14H,4,7-10,12-13H2,1-3H3,(H2,17,18,19);1H. The lowest BCUT2D eigenvalue weighted by atomic mass is 10.2. The number of likely N-dealkylation sites (N-methyl/N-ethyl adjacent to an activating group) is 2. The Labute approximate surface area is 156 Å². The van der Waals surface area contributed by atoms with Gasteiger partial charge in [-0.2, -0.15) is 0 Å². The van der Waals surface area contributed by atoms with Crippen molar-refractivity contribution < 1.29 is 4.42 Å². The maximum Gasteiger partial charge on any atom is 0.191 e. The summed E-state index contributed by atoms with van der Waals surface area (Å²) in [5, 5.41) is 6.68. The van der Waals surface area contributed by atoms with Crippen molar-refractivity contribution in [3.05, 3.63) is 24.2 Å². The monoisotopic (exact) mass is 435 g/mol. The first-order valence-electron chi connectivity index (χ1n) is 8.12. The van der Waals surface area contributed by atoms with Gasteiger partial charge in [0.05, 0.1) is 12.8 Å². The van der Waals surface area contributed by atoms with E-state index in [2.05, 4.69) is 41.5 Å². The SMILES string of the molecule is CCNC(=NCC1CN(C)CCN1C)NCCc1ccco1.I. The van der Waals surface area contributed by atoms with Gasteiger partial charge in [0.1, 0.15) is 5.76 Å². The number of hydrogen-bond acceptors (Lipinski definition) is 4. The van der Waals surface area contributed by atoms with Crippen LogP contribution in [0.2, 0.25) is 0 Å². The topological polar surface area (TPSA) is 56.0 Å². The summed E-state index contributed by atoms with van der Waals surface area (Å²) in [6, 6.07) is 4.40. The van der Waals surface area contributed by atoms with Gasteiger partial charge in [-0.25, -0.2) is 0 Å². The van der Waals surface area contributed by atoms with E-state index in [9.17, 15) is 0 Å². The number of piperazine rings is 1. The number of aliphatic imine (C=N–C) groups is 1. The van der Waals surface area contributed by atoms with Crippen LogP contribution in [0.5, 0.6) is 0 Å². The zero-order valence-corrected chi connectivity index (χ0v) is 16.7. The smallest absolute Gasteiger partial charge is 0.191 e. The van der Waals surface area contributed by atoms with Crippen LogP contribution >= 0.6 is 24.0 Å². The Bertz CT molecular complexity index is 451. The number of rotatable bonds is 6. The zero-order chi connectivity index (χ0) is 15.8. The fraction of sp³-hybridized carbons (Fsp3) is 0.688. The highest BCUT2D eigenvalue weighted by Gasteiger charge is 2.21. The van der Waals surface area contributed by atoms with Crippen LogP contribution in [0.3, 0.4) is 0 Å². The fourth-order valence-corrected chi connectivity index (χ4v) is 2.60. The molecule has 2 heterocycles. The number of guanidine groups is 1. The molecular weight excluding hydrogens is 405 g/mol. The third-order valence-corrected chi connectivity index (χ3v) is 4.03. The fourth-order valence-electron chi connectivity index (χ4n) is 2.60. The second-order valence-electron chi connectivity index (χ2n) is 5.87. The average molecular weight is 435 g/mol. The van der Waals surface area contributed by atoms with E-state index in [1.807, 2.05) is 12.1 Å². The maximum atomic E-state index is 5.34. The molecule has 132 valence electrons. The predicted molar refractivity (Wildman–Crippen MR) is 106 cm³/mol.